The van der Waals surface area contributed by atoms with Gasteiger partial charge in [0.1, 0.15) is 5.82 Å². The standard InChI is InChI=1S/C14H19FN2O/c1-10-13(4-3-9-16-10)14(18)17(2)12-7-5-11(15)6-8-12/h5-8,10,13,16H,3-4,9H2,1-2H3. The molecule has 1 amide bonds. The van der Waals surface area contributed by atoms with E-state index in [1.54, 1.807) is 24.1 Å². The molecule has 1 heterocycles. The third-order valence-corrected chi connectivity index (χ3v) is 3.62. The van der Waals surface area contributed by atoms with E-state index < -0.39 is 0 Å². The fourth-order valence-corrected chi connectivity index (χ4v) is 2.42. The van der Waals surface area contributed by atoms with Crippen molar-refractivity contribution in [2.45, 2.75) is 25.8 Å². The molecule has 18 heavy (non-hydrogen) atoms. The maximum absolute atomic E-state index is 12.9. The second-order valence-electron chi connectivity index (χ2n) is 4.87. The van der Waals surface area contributed by atoms with Gasteiger partial charge in [0.2, 0.25) is 5.91 Å². The fraction of sp³-hybridized carbons (Fsp3) is 0.500. The number of anilines is 1. The van der Waals surface area contributed by atoms with Crippen molar-refractivity contribution in [2.24, 2.45) is 5.92 Å². The average molecular weight is 250 g/mol. The van der Waals surface area contributed by atoms with Gasteiger partial charge in [-0.3, -0.25) is 4.79 Å². The van der Waals surface area contributed by atoms with E-state index in [0.29, 0.717) is 0 Å². The minimum Gasteiger partial charge on any atom is -0.315 e. The van der Waals surface area contributed by atoms with Gasteiger partial charge in [0.05, 0.1) is 5.92 Å². The number of nitrogens with zero attached hydrogens (tertiary/aromatic N) is 1. The van der Waals surface area contributed by atoms with Gasteiger partial charge in [0, 0.05) is 18.8 Å². The average Bonchev–Trinajstić information content (AvgIpc) is 2.38. The smallest absolute Gasteiger partial charge is 0.231 e. The van der Waals surface area contributed by atoms with E-state index in [-0.39, 0.29) is 23.7 Å². The lowest BCUT2D eigenvalue weighted by atomic mass is 9.90. The molecule has 4 heteroatoms. The SMILES string of the molecule is CC1NCCCC1C(=O)N(C)c1ccc(F)cc1. The van der Waals surface area contributed by atoms with Crippen LogP contribution >= 0.6 is 0 Å². The molecule has 2 rings (SSSR count). The summed E-state index contributed by atoms with van der Waals surface area (Å²) in [4.78, 5) is 14.0. The van der Waals surface area contributed by atoms with E-state index in [9.17, 15) is 9.18 Å². The monoisotopic (exact) mass is 250 g/mol. The highest BCUT2D eigenvalue weighted by molar-refractivity contribution is 5.95. The summed E-state index contributed by atoms with van der Waals surface area (Å²) in [6.45, 7) is 3.02. The van der Waals surface area contributed by atoms with Gasteiger partial charge in [-0.2, -0.15) is 0 Å². The van der Waals surface area contributed by atoms with Crippen LogP contribution in [0.1, 0.15) is 19.8 Å². The van der Waals surface area contributed by atoms with Gasteiger partial charge >= 0.3 is 0 Å². The minimum absolute atomic E-state index is 0.00815. The summed E-state index contributed by atoms with van der Waals surface area (Å²) < 4.78 is 12.9. The summed E-state index contributed by atoms with van der Waals surface area (Å²) in [5, 5.41) is 3.32. The van der Waals surface area contributed by atoms with Crippen molar-refractivity contribution >= 4 is 11.6 Å². The van der Waals surface area contributed by atoms with Gasteiger partial charge in [-0.1, -0.05) is 0 Å². The van der Waals surface area contributed by atoms with Crippen LogP contribution in [0.3, 0.4) is 0 Å². The zero-order valence-electron chi connectivity index (χ0n) is 10.8. The zero-order valence-corrected chi connectivity index (χ0v) is 10.8. The summed E-state index contributed by atoms with van der Waals surface area (Å²) in [7, 11) is 1.75. The molecule has 0 radical (unpaired) electrons. The van der Waals surface area contributed by atoms with Crippen LogP contribution in [0.15, 0.2) is 24.3 Å². The van der Waals surface area contributed by atoms with E-state index in [0.717, 1.165) is 25.1 Å². The molecule has 0 spiro atoms. The van der Waals surface area contributed by atoms with Gasteiger partial charge in [-0.25, -0.2) is 4.39 Å². The molecular weight excluding hydrogens is 231 g/mol. The number of carbonyl (C=O) groups is 1. The number of benzene rings is 1. The van der Waals surface area contributed by atoms with E-state index >= 15 is 0 Å². The molecule has 0 bridgehead atoms. The molecule has 0 aromatic heterocycles. The Hall–Kier alpha value is -1.42. The molecule has 1 aromatic carbocycles. The van der Waals surface area contributed by atoms with Crippen LogP contribution in [0.2, 0.25) is 0 Å². The normalized spacial score (nSPS) is 23.7. The molecule has 1 N–H and O–H groups in total. The predicted molar refractivity (Wildman–Crippen MR) is 70.0 cm³/mol. The van der Waals surface area contributed by atoms with Crippen LogP contribution in [0, 0.1) is 11.7 Å². The summed E-state index contributed by atoms with van der Waals surface area (Å²) in [5.74, 6) is -0.178. The Balaban J connectivity index is 2.10. The molecule has 2 unspecified atom stereocenters. The first-order chi connectivity index (χ1) is 8.59. The Kier molecular flexibility index (Phi) is 3.97. The highest BCUT2D eigenvalue weighted by Gasteiger charge is 2.30. The number of amides is 1. The van der Waals surface area contributed by atoms with Crippen LogP contribution in [-0.4, -0.2) is 25.5 Å². The van der Waals surface area contributed by atoms with Crippen molar-refractivity contribution in [1.82, 2.24) is 5.32 Å². The molecular formula is C14H19FN2O. The molecule has 3 nitrogen and oxygen atoms in total. The molecule has 1 aliphatic rings. The van der Waals surface area contributed by atoms with E-state index in [4.69, 9.17) is 0 Å². The lowest BCUT2D eigenvalue weighted by molar-refractivity contribution is -0.123. The highest BCUT2D eigenvalue weighted by atomic mass is 19.1. The molecule has 98 valence electrons. The van der Waals surface area contributed by atoms with Crippen LogP contribution < -0.4 is 10.2 Å². The summed E-state index contributed by atoms with van der Waals surface area (Å²) in [6.07, 6.45) is 1.94. The largest absolute Gasteiger partial charge is 0.315 e. The number of piperidine rings is 1. The lowest BCUT2D eigenvalue weighted by Gasteiger charge is -2.32. The van der Waals surface area contributed by atoms with E-state index in [2.05, 4.69) is 5.32 Å². The molecule has 1 fully saturated rings. The maximum Gasteiger partial charge on any atom is 0.231 e. The molecule has 1 aromatic rings. The van der Waals surface area contributed by atoms with Gasteiger partial charge in [0.15, 0.2) is 0 Å². The quantitative estimate of drug-likeness (QED) is 0.872. The summed E-state index contributed by atoms with van der Waals surface area (Å²) in [5.41, 5.74) is 0.735. The Bertz CT molecular complexity index is 418. The van der Waals surface area contributed by atoms with Crippen LogP contribution in [0.4, 0.5) is 10.1 Å². The minimum atomic E-state index is -0.285. The van der Waals surface area contributed by atoms with Crippen molar-refractivity contribution in [1.29, 1.82) is 0 Å². The third-order valence-electron chi connectivity index (χ3n) is 3.62. The number of carbonyl (C=O) groups excluding carboxylic acids is 1. The van der Waals surface area contributed by atoms with Crippen molar-refractivity contribution in [3.63, 3.8) is 0 Å². The Morgan fingerprint density at radius 1 is 1.39 bits per heavy atom. The number of nitrogens with one attached hydrogen (secondary N) is 1. The van der Waals surface area contributed by atoms with Crippen molar-refractivity contribution < 1.29 is 9.18 Å². The lowest BCUT2D eigenvalue weighted by Crippen LogP contribution is -2.47. The number of hydrogen-bond acceptors (Lipinski definition) is 2. The molecule has 1 saturated heterocycles. The van der Waals surface area contributed by atoms with Crippen molar-refractivity contribution in [3.8, 4) is 0 Å². The molecule has 0 aliphatic carbocycles. The van der Waals surface area contributed by atoms with Crippen LogP contribution in [0.25, 0.3) is 0 Å². The van der Waals surface area contributed by atoms with Gasteiger partial charge < -0.3 is 10.2 Å². The Labute approximate surface area is 107 Å². The van der Waals surface area contributed by atoms with Crippen LogP contribution in [0.5, 0.6) is 0 Å². The van der Waals surface area contributed by atoms with Crippen molar-refractivity contribution in [3.05, 3.63) is 30.1 Å². The number of rotatable bonds is 2. The first-order valence-electron chi connectivity index (χ1n) is 6.36. The second kappa shape index (κ2) is 5.48. The Morgan fingerprint density at radius 3 is 2.67 bits per heavy atom. The topological polar surface area (TPSA) is 32.3 Å². The van der Waals surface area contributed by atoms with Gasteiger partial charge in [0.25, 0.3) is 0 Å². The fourth-order valence-electron chi connectivity index (χ4n) is 2.42. The first-order valence-corrected chi connectivity index (χ1v) is 6.36. The zero-order chi connectivity index (χ0) is 13.1. The highest BCUT2D eigenvalue weighted by Crippen LogP contribution is 2.22. The number of halogens is 1. The molecule has 0 saturated carbocycles. The van der Waals surface area contributed by atoms with Crippen molar-refractivity contribution in [2.75, 3.05) is 18.5 Å². The summed E-state index contributed by atoms with van der Waals surface area (Å²) in [6, 6.07) is 6.22. The van der Waals surface area contributed by atoms with E-state index in [1.807, 2.05) is 6.92 Å². The second-order valence-corrected chi connectivity index (χ2v) is 4.87. The molecule has 2 atom stereocenters. The van der Waals surface area contributed by atoms with E-state index in [1.165, 1.54) is 12.1 Å². The summed E-state index contributed by atoms with van der Waals surface area (Å²) >= 11 is 0. The van der Waals surface area contributed by atoms with Gasteiger partial charge in [-0.15, -0.1) is 0 Å². The molecule has 1 aliphatic heterocycles. The van der Waals surface area contributed by atoms with Gasteiger partial charge in [-0.05, 0) is 50.6 Å². The third kappa shape index (κ3) is 2.70. The predicted octanol–water partition coefficient (Wildman–Crippen LogP) is 2.18. The maximum atomic E-state index is 12.9. The first kappa shape index (κ1) is 13.0. The number of hydrogen-bond donors (Lipinski definition) is 1. The van der Waals surface area contributed by atoms with Crippen LogP contribution in [-0.2, 0) is 4.79 Å². The Morgan fingerprint density at radius 2 is 2.06 bits per heavy atom.